The summed E-state index contributed by atoms with van der Waals surface area (Å²) in [6, 6.07) is 14.4. The van der Waals surface area contributed by atoms with Crippen LogP contribution in [0.15, 0.2) is 52.9 Å². The fourth-order valence-electron chi connectivity index (χ4n) is 3.13. The normalized spacial score (nSPS) is 11.1. The molecule has 0 fully saturated rings. The summed E-state index contributed by atoms with van der Waals surface area (Å²) in [5.74, 6) is 0.251. The van der Waals surface area contributed by atoms with E-state index in [1.54, 1.807) is 18.2 Å². The highest BCUT2D eigenvalue weighted by Gasteiger charge is 2.16. The van der Waals surface area contributed by atoms with Crippen LogP contribution in [0.5, 0.6) is 0 Å². The van der Waals surface area contributed by atoms with E-state index in [0.717, 1.165) is 33.4 Å². The molecule has 0 spiro atoms. The molecule has 4 aromatic rings. The van der Waals surface area contributed by atoms with Gasteiger partial charge in [-0.2, -0.15) is 0 Å². The zero-order valence-corrected chi connectivity index (χ0v) is 17.7. The molecule has 0 saturated heterocycles. The maximum atomic E-state index is 12.6. The lowest BCUT2D eigenvalue weighted by Gasteiger charge is -2.11. The van der Waals surface area contributed by atoms with Crippen LogP contribution < -0.4 is 5.32 Å². The number of carbonyl (C=O) groups is 1. The topological polar surface area (TPSA) is 55.1 Å². The second-order valence-electron chi connectivity index (χ2n) is 6.98. The number of carbonyl (C=O) groups excluding carboxylic acids is 1. The third kappa shape index (κ3) is 3.74. The average Bonchev–Trinajstić information content (AvgIpc) is 3.08. The van der Waals surface area contributed by atoms with Crippen LogP contribution in [-0.4, -0.2) is 10.9 Å². The fourth-order valence-corrected chi connectivity index (χ4v) is 3.43. The summed E-state index contributed by atoms with van der Waals surface area (Å²) >= 11 is 12.0. The summed E-state index contributed by atoms with van der Waals surface area (Å²) in [7, 11) is 0. The standard InChI is InChI=1S/C23H18Cl2N2O2/c1-12-9-20-21(10-13(12)2)29-23(27-20)16-5-4-6-19(14(16)3)26-22(28)15-7-8-17(24)18(25)11-15/h4-11H,1-3H3,(H,26,28). The molecule has 1 N–H and O–H groups in total. The summed E-state index contributed by atoms with van der Waals surface area (Å²) in [6.07, 6.45) is 0. The maximum Gasteiger partial charge on any atom is 0.255 e. The van der Waals surface area contributed by atoms with Crippen LogP contribution in [0.4, 0.5) is 5.69 Å². The number of nitrogens with zero attached hydrogens (tertiary/aromatic N) is 1. The minimum Gasteiger partial charge on any atom is -0.436 e. The van der Waals surface area contributed by atoms with Gasteiger partial charge in [0.05, 0.1) is 10.0 Å². The molecule has 1 aromatic heterocycles. The fraction of sp³-hybridized carbons (Fsp3) is 0.130. The van der Waals surface area contributed by atoms with Gasteiger partial charge in [-0.3, -0.25) is 4.79 Å². The van der Waals surface area contributed by atoms with Gasteiger partial charge in [-0.05, 0) is 79.9 Å². The van der Waals surface area contributed by atoms with Crippen molar-refractivity contribution in [2.75, 3.05) is 5.32 Å². The summed E-state index contributed by atoms with van der Waals surface area (Å²) in [5, 5.41) is 3.67. The van der Waals surface area contributed by atoms with Crippen molar-refractivity contribution in [3.05, 3.63) is 80.8 Å². The van der Waals surface area contributed by atoms with E-state index in [1.807, 2.05) is 51.1 Å². The first kappa shape index (κ1) is 19.5. The van der Waals surface area contributed by atoms with E-state index in [9.17, 15) is 4.79 Å². The molecule has 0 unspecified atom stereocenters. The van der Waals surface area contributed by atoms with Crippen molar-refractivity contribution in [1.29, 1.82) is 0 Å². The molecule has 6 heteroatoms. The van der Waals surface area contributed by atoms with E-state index in [0.29, 0.717) is 27.2 Å². The van der Waals surface area contributed by atoms with Crippen LogP contribution in [0, 0.1) is 20.8 Å². The van der Waals surface area contributed by atoms with Gasteiger partial charge in [-0.25, -0.2) is 4.98 Å². The molecule has 3 aromatic carbocycles. The lowest BCUT2D eigenvalue weighted by Crippen LogP contribution is -2.13. The van der Waals surface area contributed by atoms with Crippen molar-refractivity contribution in [3.63, 3.8) is 0 Å². The minimum absolute atomic E-state index is 0.271. The van der Waals surface area contributed by atoms with Gasteiger partial charge in [-0.15, -0.1) is 0 Å². The Bertz CT molecular complexity index is 1220. The third-order valence-electron chi connectivity index (χ3n) is 5.00. The lowest BCUT2D eigenvalue weighted by atomic mass is 10.1. The van der Waals surface area contributed by atoms with Gasteiger partial charge < -0.3 is 9.73 Å². The second-order valence-corrected chi connectivity index (χ2v) is 7.80. The molecule has 146 valence electrons. The molecule has 0 atom stereocenters. The van der Waals surface area contributed by atoms with Gasteiger partial charge in [-0.1, -0.05) is 29.3 Å². The third-order valence-corrected chi connectivity index (χ3v) is 5.74. The van der Waals surface area contributed by atoms with E-state index in [-0.39, 0.29) is 5.91 Å². The SMILES string of the molecule is Cc1cc2nc(-c3cccc(NC(=O)c4ccc(Cl)c(Cl)c4)c3C)oc2cc1C. The molecular formula is C23H18Cl2N2O2. The number of nitrogens with one attached hydrogen (secondary N) is 1. The summed E-state index contributed by atoms with van der Waals surface area (Å²) < 4.78 is 5.99. The Morgan fingerprint density at radius 1 is 0.966 bits per heavy atom. The van der Waals surface area contributed by atoms with Crippen molar-refractivity contribution in [2.45, 2.75) is 20.8 Å². The number of fused-ring (bicyclic) bond motifs is 1. The zero-order valence-electron chi connectivity index (χ0n) is 16.1. The molecule has 1 heterocycles. The van der Waals surface area contributed by atoms with Crippen LogP contribution >= 0.6 is 23.2 Å². The van der Waals surface area contributed by atoms with Gasteiger partial charge in [0.2, 0.25) is 5.89 Å². The van der Waals surface area contributed by atoms with E-state index >= 15 is 0 Å². The van der Waals surface area contributed by atoms with Crippen LogP contribution in [0.2, 0.25) is 10.0 Å². The van der Waals surface area contributed by atoms with Gasteiger partial charge in [0.25, 0.3) is 5.91 Å². The smallest absolute Gasteiger partial charge is 0.255 e. The molecule has 0 aliphatic heterocycles. The van der Waals surface area contributed by atoms with Crippen molar-refractivity contribution in [2.24, 2.45) is 0 Å². The number of aromatic nitrogens is 1. The van der Waals surface area contributed by atoms with Crippen LogP contribution in [0.1, 0.15) is 27.0 Å². The molecule has 29 heavy (non-hydrogen) atoms. The molecular weight excluding hydrogens is 407 g/mol. The van der Waals surface area contributed by atoms with Gasteiger partial charge >= 0.3 is 0 Å². The summed E-state index contributed by atoms with van der Waals surface area (Å²) in [5.41, 5.74) is 6.66. The first-order valence-electron chi connectivity index (χ1n) is 9.07. The molecule has 0 saturated carbocycles. The number of oxazole rings is 1. The highest BCUT2D eigenvalue weighted by Crippen LogP contribution is 2.32. The Balaban J connectivity index is 1.68. The largest absolute Gasteiger partial charge is 0.436 e. The number of aryl methyl sites for hydroxylation is 2. The van der Waals surface area contributed by atoms with Gasteiger partial charge in [0, 0.05) is 16.8 Å². The van der Waals surface area contributed by atoms with E-state index in [4.69, 9.17) is 27.6 Å². The Kier molecular flexibility index (Phi) is 5.07. The Morgan fingerprint density at radius 2 is 1.72 bits per heavy atom. The molecule has 4 rings (SSSR count). The number of amides is 1. The Labute approximate surface area is 178 Å². The number of hydrogen-bond acceptors (Lipinski definition) is 3. The van der Waals surface area contributed by atoms with Crippen LogP contribution in [-0.2, 0) is 0 Å². The average molecular weight is 425 g/mol. The highest BCUT2D eigenvalue weighted by atomic mass is 35.5. The zero-order chi connectivity index (χ0) is 20.7. The van der Waals surface area contributed by atoms with Gasteiger partial charge in [0.15, 0.2) is 5.58 Å². The van der Waals surface area contributed by atoms with Crippen molar-refractivity contribution < 1.29 is 9.21 Å². The molecule has 0 bridgehead atoms. The first-order valence-corrected chi connectivity index (χ1v) is 9.83. The summed E-state index contributed by atoms with van der Waals surface area (Å²) in [6.45, 7) is 6.01. The number of benzene rings is 3. The predicted molar refractivity (Wildman–Crippen MR) is 118 cm³/mol. The Hall–Kier alpha value is -2.82. The molecule has 0 radical (unpaired) electrons. The quantitative estimate of drug-likeness (QED) is 0.385. The van der Waals surface area contributed by atoms with E-state index < -0.39 is 0 Å². The Morgan fingerprint density at radius 3 is 2.48 bits per heavy atom. The molecule has 0 aliphatic carbocycles. The predicted octanol–water partition coefficient (Wildman–Crippen LogP) is 6.98. The van der Waals surface area contributed by atoms with Crippen LogP contribution in [0.3, 0.4) is 0 Å². The lowest BCUT2D eigenvalue weighted by molar-refractivity contribution is 0.102. The molecule has 1 amide bonds. The van der Waals surface area contributed by atoms with Gasteiger partial charge in [0.1, 0.15) is 5.52 Å². The monoisotopic (exact) mass is 424 g/mol. The highest BCUT2D eigenvalue weighted by molar-refractivity contribution is 6.42. The van der Waals surface area contributed by atoms with Crippen molar-refractivity contribution in [1.82, 2.24) is 4.98 Å². The number of anilines is 1. The van der Waals surface area contributed by atoms with Crippen molar-refractivity contribution in [3.8, 4) is 11.5 Å². The van der Waals surface area contributed by atoms with E-state index in [1.165, 1.54) is 0 Å². The first-order chi connectivity index (χ1) is 13.8. The minimum atomic E-state index is -0.271. The molecule has 0 aliphatic rings. The number of hydrogen-bond donors (Lipinski definition) is 1. The van der Waals surface area contributed by atoms with Crippen molar-refractivity contribution >= 4 is 45.9 Å². The van der Waals surface area contributed by atoms with E-state index in [2.05, 4.69) is 10.3 Å². The van der Waals surface area contributed by atoms with Crippen LogP contribution in [0.25, 0.3) is 22.6 Å². The second kappa shape index (κ2) is 7.54. The number of rotatable bonds is 3. The molecule has 4 nitrogen and oxygen atoms in total. The summed E-state index contributed by atoms with van der Waals surface area (Å²) in [4.78, 5) is 17.3. The maximum absolute atomic E-state index is 12.6. The number of halogens is 2.